The number of carboxylic acids is 1. The fraction of sp³-hybridized carbons (Fsp3) is 0.435. The Morgan fingerprint density at radius 3 is 2.18 bits per heavy atom. The molecular weight excluding hydrogens is 500 g/mol. The van der Waals surface area contributed by atoms with Gasteiger partial charge in [-0.1, -0.05) is 18.2 Å². The van der Waals surface area contributed by atoms with E-state index in [0.717, 1.165) is 10.9 Å². The number of rotatable bonds is 15. The van der Waals surface area contributed by atoms with Gasteiger partial charge in [-0.3, -0.25) is 19.4 Å². The summed E-state index contributed by atoms with van der Waals surface area (Å²) in [6.07, 6.45) is 1.87. The zero-order chi connectivity index (χ0) is 28.2. The van der Waals surface area contributed by atoms with Crippen molar-refractivity contribution in [1.29, 1.82) is 0 Å². The predicted octanol–water partition coefficient (Wildman–Crippen LogP) is -3.39. The van der Waals surface area contributed by atoms with Crippen molar-refractivity contribution < 1.29 is 34.5 Å². The van der Waals surface area contributed by atoms with Crippen LogP contribution in [0.3, 0.4) is 0 Å². The topological polar surface area (TPSA) is 271 Å². The van der Waals surface area contributed by atoms with E-state index in [1.807, 2.05) is 18.2 Å². The number of nitrogens with two attached hydrogens (primary N) is 3. The van der Waals surface area contributed by atoms with E-state index in [4.69, 9.17) is 22.3 Å². The Morgan fingerprint density at radius 2 is 1.55 bits per heavy atom. The maximum absolute atomic E-state index is 13.1. The van der Waals surface area contributed by atoms with E-state index in [1.165, 1.54) is 0 Å². The van der Waals surface area contributed by atoms with Gasteiger partial charge in [0.1, 0.15) is 24.2 Å². The number of aliphatic imine (C=N–C) groups is 1. The van der Waals surface area contributed by atoms with Crippen molar-refractivity contribution in [3.8, 4) is 0 Å². The molecule has 1 heterocycles. The van der Waals surface area contributed by atoms with Gasteiger partial charge >= 0.3 is 5.97 Å². The van der Waals surface area contributed by atoms with Crippen LogP contribution in [0.1, 0.15) is 18.4 Å². The Labute approximate surface area is 217 Å². The average molecular weight is 535 g/mol. The molecule has 4 atom stereocenters. The van der Waals surface area contributed by atoms with Crippen molar-refractivity contribution in [3.63, 3.8) is 0 Å². The lowest BCUT2D eigenvalue weighted by atomic mass is 10.0. The highest BCUT2D eigenvalue weighted by Crippen LogP contribution is 2.19. The van der Waals surface area contributed by atoms with Gasteiger partial charge in [-0.2, -0.15) is 0 Å². The van der Waals surface area contributed by atoms with E-state index in [-0.39, 0.29) is 31.8 Å². The second-order valence-electron chi connectivity index (χ2n) is 8.51. The van der Waals surface area contributed by atoms with Gasteiger partial charge < -0.3 is 53.5 Å². The van der Waals surface area contributed by atoms with Crippen LogP contribution in [0.25, 0.3) is 10.9 Å². The number of carbonyl (C=O) groups is 4. The summed E-state index contributed by atoms with van der Waals surface area (Å²) < 4.78 is 0. The number of aliphatic hydroxyl groups is 2. The predicted molar refractivity (Wildman–Crippen MR) is 137 cm³/mol. The summed E-state index contributed by atoms with van der Waals surface area (Å²) in [5, 5.41) is 36.2. The number of benzene rings is 1. The Hall–Kier alpha value is -4.21. The number of guanidine groups is 1. The van der Waals surface area contributed by atoms with Crippen LogP contribution in [0.5, 0.6) is 0 Å². The monoisotopic (exact) mass is 534 g/mol. The van der Waals surface area contributed by atoms with Gasteiger partial charge in [0.2, 0.25) is 17.7 Å². The summed E-state index contributed by atoms with van der Waals surface area (Å²) in [4.78, 5) is 56.6. The molecule has 0 aliphatic rings. The van der Waals surface area contributed by atoms with Crippen molar-refractivity contribution in [2.45, 2.75) is 43.4 Å². The van der Waals surface area contributed by atoms with Crippen molar-refractivity contribution in [2.75, 3.05) is 19.8 Å². The molecule has 15 heteroatoms. The van der Waals surface area contributed by atoms with Crippen molar-refractivity contribution in [2.24, 2.45) is 22.2 Å². The fourth-order valence-electron chi connectivity index (χ4n) is 3.59. The van der Waals surface area contributed by atoms with Crippen LogP contribution in [0.2, 0.25) is 0 Å². The molecule has 1 aromatic carbocycles. The van der Waals surface area contributed by atoms with Gasteiger partial charge in [-0.25, -0.2) is 4.79 Å². The Morgan fingerprint density at radius 1 is 0.921 bits per heavy atom. The first-order valence-electron chi connectivity index (χ1n) is 11.8. The number of nitrogens with one attached hydrogen (secondary N) is 4. The van der Waals surface area contributed by atoms with Crippen LogP contribution >= 0.6 is 0 Å². The summed E-state index contributed by atoms with van der Waals surface area (Å²) >= 11 is 0. The van der Waals surface area contributed by atoms with Gasteiger partial charge in [-0.15, -0.1) is 0 Å². The number of nitrogens with zero attached hydrogens (tertiary/aromatic N) is 1. The normalized spacial score (nSPS) is 14.1. The molecule has 4 unspecified atom stereocenters. The zero-order valence-corrected chi connectivity index (χ0v) is 20.6. The standard InChI is InChI=1S/C23H34N8O7/c24-14(10-32)19(34)31-18(11-33)21(36)29-16(6-3-7-27-23(25)26)20(35)30-17(22(37)38)8-12-9-28-15-5-2-1-4-13(12)15/h1-2,4-5,9,14,16-18,28,32-33H,3,6-8,10-11,24H2,(H,29,36)(H,30,35)(H,31,34)(H,37,38)(H4,25,26,27). The molecule has 0 bridgehead atoms. The molecule has 0 saturated heterocycles. The van der Waals surface area contributed by atoms with Crippen LogP contribution in [0.4, 0.5) is 0 Å². The third kappa shape index (κ3) is 8.72. The van der Waals surface area contributed by atoms with E-state index in [1.54, 1.807) is 12.3 Å². The highest BCUT2D eigenvalue weighted by atomic mass is 16.4. The summed E-state index contributed by atoms with van der Waals surface area (Å²) in [6.45, 7) is -1.38. The molecule has 0 radical (unpaired) electrons. The average Bonchev–Trinajstić information content (AvgIpc) is 3.30. The summed E-state index contributed by atoms with van der Waals surface area (Å²) in [6, 6.07) is 1.91. The summed E-state index contributed by atoms with van der Waals surface area (Å²) in [7, 11) is 0. The van der Waals surface area contributed by atoms with Gasteiger partial charge in [0.05, 0.1) is 13.2 Å². The lowest BCUT2D eigenvalue weighted by Crippen LogP contribution is -2.58. The van der Waals surface area contributed by atoms with Crippen LogP contribution in [-0.2, 0) is 25.6 Å². The summed E-state index contributed by atoms with van der Waals surface area (Å²) in [5.41, 5.74) is 17.5. The maximum Gasteiger partial charge on any atom is 0.326 e. The molecule has 0 aliphatic heterocycles. The number of aliphatic carboxylic acids is 1. The molecule has 0 saturated carbocycles. The Bertz CT molecular complexity index is 1150. The molecule has 13 N–H and O–H groups in total. The molecule has 1 aromatic heterocycles. The maximum atomic E-state index is 13.1. The summed E-state index contributed by atoms with van der Waals surface area (Å²) in [5.74, 6) is -4.06. The zero-order valence-electron chi connectivity index (χ0n) is 20.6. The van der Waals surface area contributed by atoms with Crippen molar-refractivity contribution in [3.05, 3.63) is 36.0 Å². The highest BCUT2D eigenvalue weighted by molar-refractivity contribution is 5.94. The number of hydrogen-bond donors (Lipinski definition) is 10. The number of carboxylic acid groups (broad SMARTS) is 1. The van der Waals surface area contributed by atoms with Gasteiger partial charge in [0.25, 0.3) is 0 Å². The minimum Gasteiger partial charge on any atom is -0.480 e. The molecule has 208 valence electrons. The van der Waals surface area contributed by atoms with Crippen molar-refractivity contribution >= 4 is 40.6 Å². The smallest absolute Gasteiger partial charge is 0.326 e. The molecule has 0 spiro atoms. The molecule has 0 aliphatic carbocycles. The molecule has 2 rings (SSSR count). The van der Waals surface area contributed by atoms with Crippen LogP contribution in [0, 0.1) is 0 Å². The third-order valence-electron chi connectivity index (χ3n) is 5.64. The minimum atomic E-state index is -1.48. The second kappa shape index (κ2) is 14.5. The third-order valence-corrected chi connectivity index (χ3v) is 5.64. The Kier molecular flexibility index (Phi) is 11.5. The number of carbonyl (C=O) groups excluding carboxylic acids is 3. The number of aromatic amines is 1. The Balaban J connectivity index is 2.17. The largest absolute Gasteiger partial charge is 0.480 e. The molecule has 38 heavy (non-hydrogen) atoms. The lowest BCUT2D eigenvalue weighted by molar-refractivity contribution is -0.142. The fourth-order valence-corrected chi connectivity index (χ4v) is 3.59. The molecule has 15 nitrogen and oxygen atoms in total. The van der Waals surface area contributed by atoms with Gasteiger partial charge in [0, 0.05) is 30.1 Å². The number of para-hydroxylation sites is 1. The molecular formula is C23H34N8O7. The minimum absolute atomic E-state index is 0.00995. The van der Waals surface area contributed by atoms with E-state index in [0.29, 0.717) is 5.56 Å². The first-order chi connectivity index (χ1) is 18.1. The SMILES string of the molecule is NC(N)=NCCCC(NC(=O)C(CO)NC(=O)C(N)CO)C(=O)NC(Cc1c[nH]c2ccccc12)C(=O)O. The van der Waals surface area contributed by atoms with Gasteiger partial charge in [0.15, 0.2) is 5.96 Å². The van der Waals surface area contributed by atoms with Gasteiger partial charge in [-0.05, 0) is 24.5 Å². The van der Waals surface area contributed by atoms with Crippen LogP contribution < -0.4 is 33.2 Å². The number of aliphatic hydroxyl groups excluding tert-OH is 2. The quantitative estimate of drug-likeness (QED) is 0.0614. The first kappa shape index (κ1) is 30.0. The van der Waals surface area contributed by atoms with E-state index in [9.17, 15) is 29.4 Å². The number of H-pyrrole nitrogens is 1. The number of amides is 3. The highest BCUT2D eigenvalue weighted by Gasteiger charge is 2.30. The number of fused-ring (bicyclic) bond motifs is 1. The van der Waals surface area contributed by atoms with Crippen LogP contribution in [0.15, 0.2) is 35.5 Å². The van der Waals surface area contributed by atoms with Crippen LogP contribution in [-0.4, -0.2) is 93.9 Å². The lowest BCUT2D eigenvalue weighted by Gasteiger charge is -2.24. The number of hydrogen-bond acceptors (Lipinski definition) is 8. The second-order valence-corrected chi connectivity index (χ2v) is 8.51. The van der Waals surface area contributed by atoms with E-state index in [2.05, 4.69) is 25.9 Å². The van der Waals surface area contributed by atoms with E-state index < -0.39 is 61.1 Å². The van der Waals surface area contributed by atoms with Crippen molar-refractivity contribution in [1.82, 2.24) is 20.9 Å². The molecule has 3 amide bonds. The number of aromatic nitrogens is 1. The molecule has 2 aromatic rings. The first-order valence-corrected chi connectivity index (χ1v) is 11.8. The molecule has 0 fully saturated rings. The van der Waals surface area contributed by atoms with E-state index >= 15 is 0 Å².